The highest BCUT2D eigenvalue weighted by Crippen LogP contribution is 2.24. The number of anilines is 1. The molecule has 0 amide bonds. The number of piperidine rings is 1. The van der Waals surface area contributed by atoms with Gasteiger partial charge in [0.05, 0.1) is 11.4 Å². The molecule has 29 heavy (non-hydrogen) atoms. The number of hydrogen-bond acceptors (Lipinski definition) is 7. The van der Waals surface area contributed by atoms with Crippen LogP contribution in [0.2, 0.25) is 0 Å². The minimum atomic E-state index is 0.476. The first-order chi connectivity index (χ1) is 14.2. The monoisotopic (exact) mass is 386 g/mol. The zero-order valence-corrected chi connectivity index (χ0v) is 16.5. The summed E-state index contributed by atoms with van der Waals surface area (Å²) in [6, 6.07) is 11.7. The van der Waals surface area contributed by atoms with Crippen molar-refractivity contribution < 1.29 is 0 Å². The highest BCUT2D eigenvalue weighted by Gasteiger charge is 2.20. The molecule has 1 aliphatic heterocycles. The Morgan fingerprint density at radius 3 is 2.72 bits per heavy atom. The number of rotatable bonds is 3. The van der Waals surface area contributed by atoms with Gasteiger partial charge in [0.2, 0.25) is 5.95 Å². The van der Waals surface area contributed by atoms with Gasteiger partial charge in [-0.3, -0.25) is 0 Å². The average Bonchev–Trinajstić information content (AvgIpc) is 3.20. The average molecular weight is 386 g/mol. The fourth-order valence-electron chi connectivity index (χ4n) is 3.81. The van der Waals surface area contributed by atoms with Gasteiger partial charge in [0, 0.05) is 24.8 Å². The maximum atomic E-state index is 4.78. The molecule has 0 radical (unpaired) electrons. The fourth-order valence-corrected chi connectivity index (χ4v) is 3.81. The van der Waals surface area contributed by atoms with E-state index in [-0.39, 0.29) is 0 Å². The quantitative estimate of drug-likeness (QED) is 0.534. The van der Waals surface area contributed by atoms with Crippen LogP contribution in [-0.2, 0) is 0 Å². The van der Waals surface area contributed by atoms with Crippen LogP contribution in [0.25, 0.3) is 28.6 Å². The van der Waals surface area contributed by atoms with E-state index < -0.39 is 0 Å². The summed E-state index contributed by atoms with van der Waals surface area (Å²) in [6.45, 7) is 6.21. The molecule has 0 N–H and O–H groups in total. The largest absolute Gasteiger partial charge is 0.341 e. The van der Waals surface area contributed by atoms with Gasteiger partial charge in [-0.25, -0.2) is 9.97 Å². The number of nitrogens with zero attached hydrogens (tertiary/aromatic N) is 8. The Morgan fingerprint density at radius 1 is 1.03 bits per heavy atom. The summed E-state index contributed by atoms with van der Waals surface area (Å²) in [5.41, 5.74) is 3.23. The van der Waals surface area contributed by atoms with Crippen molar-refractivity contribution in [3.05, 3.63) is 48.3 Å². The summed E-state index contributed by atoms with van der Waals surface area (Å²) < 4.78 is 1.73. The molecule has 1 saturated heterocycles. The zero-order valence-electron chi connectivity index (χ0n) is 16.5. The van der Waals surface area contributed by atoms with Crippen molar-refractivity contribution >= 4 is 11.7 Å². The lowest BCUT2D eigenvalue weighted by Crippen LogP contribution is -2.35. The molecule has 8 heteroatoms. The van der Waals surface area contributed by atoms with E-state index in [1.165, 1.54) is 12.8 Å². The molecular formula is C21H22N8. The molecule has 1 fully saturated rings. The topological polar surface area (TPSA) is 85.0 Å². The standard InChI is InChI=1S/C21H22N8/c1-14-7-6-12-28(13-14)20-22-11-10-17(23-20)18-15(2)29-21(26-25-18)24-19(27-29)16-8-4-3-5-9-16/h3-5,8-11,14H,6-7,12-13H2,1-2H3. The number of aromatic nitrogens is 7. The lowest BCUT2D eigenvalue weighted by Gasteiger charge is -2.30. The lowest BCUT2D eigenvalue weighted by molar-refractivity contribution is 0.442. The molecule has 3 aromatic heterocycles. The van der Waals surface area contributed by atoms with Crippen LogP contribution in [0.3, 0.4) is 0 Å². The molecule has 4 aromatic rings. The predicted molar refractivity (Wildman–Crippen MR) is 110 cm³/mol. The van der Waals surface area contributed by atoms with E-state index >= 15 is 0 Å². The SMILES string of the molecule is Cc1c(-c2ccnc(N3CCCC(C)C3)n2)nnc2nc(-c3ccccc3)nn12. The van der Waals surface area contributed by atoms with Crippen molar-refractivity contribution in [3.63, 3.8) is 0 Å². The Kier molecular flexibility index (Phi) is 4.38. The van der Waals surface area contributed by atoms with Crippen LogP contribution in [0.4, 0.5) is 5.95 Å². The minimum Gasteiger partial charge on any atom is -0.341 e. The second kappa shape index (κ2) is 7.20. The molecule has 1 unspecified atom stereocenters. The molecule has 1 atom stereocenters. The second-order valence-electron chi connectivity index (χ2n) is 7.58. The van der Waals surface area contributed by atoms with Gasteiger partial charge in [0.25, 0.3) is 5.78 Å². The van der Waals surface area contributed by atoms with Gasteiger partial charge in [0.1, 0.15) is 5.69 Å². The van der Waals surface area contributed by atoms with Gasteiger partial charge >= 0.3 is 0 Å². The molecule has 0 aliphatic carbocycles. The third-order valence-corrected chi connectivity index (χ3v) is 5.35. The van der Waals surface area contributed by atoms with Crippen molar-refractivity contribution in [1.29, 1.82) is 0 Å². The third kappa shape index (κ3) is 3.30. The highest BCUT2D eigenvalue weighted by molar-refractivity contribution is 5.61. The summed E-state index contributed by atoms with van der Waals surface area (Å²) in [5, 5.41) is 13.3. The Balaban J connectivity index is 1.54. The molecule has 0 spiro atoms. The molecular weight excluding hydrogens is 364 g/mol. The first-order valence-electron chi connectivity index (χ1n) is 9.93. The van der Waals surface area contributed by atoms with E-state index in [1.54, 1.807) is 10.7 Å². The first-order valence-corrected chi connectivity index (χ1v) is 9.93. The summed E-state index contributed by atoms with van der Waals surface area (Å²) in [6.07, 6.45) is 4.22. The van der Waals surface area contributed by atoms with E-state index in [9.17, 15) is 0 Å². The number of hydrogen-bond donors (Lipinski definition) is 0. The Labute approximate surface area is 168 Å². The maximum absolute atomic E-state index is 4.78. The minimum absolute atomic E-state index is 0.476. The molecule has 8 nitrogen and oxygen atoms in total. The maximum Gasteiger partial charge on any atom is 0.272 e. The fraction of sp³-hybridized carbons (Fsp3) is 0.333. The third-order valence-electron chi connectivity index (χ3n) is 5.35. The number of aryl methyl sites for hydroxylation is 1. The van der Waals surface area contributed by atoms with Crippen LogP contribution < -0.4 is 4.90 Å². The summed E-state index contributed by atoms with van der Waals surface area (Å²) in [4.78, 5) is 16.0. The molecule has 1 aliphatic rings. The molecule has 5 rings (SSSR count). The van der Waals surface area contributed by atoms with Crippen LogP contribution in [0.5, 0.6) is 0 Å². The Morgan fingerprint density at radius 2 is 1.90 bits per heavy atom. The Bertz CT molecular complexity index is 1150. The molecule has 0 bridgehead atoms. The summed E-state index contributed by atoms with van der Waals surface area (Å²) >= 11 is 0. The summed E-state index contributed by atoms with van der Waals surface area (Å²) in [5.74, 6) is 2.51. The second-order valence-corrected chi connectivity index (χ2v) is 7.58. The molecule has 146 valence electrons. The lowest BCUT2D eigenvalue weighted by atomic mass is 10.0. The van der Waals surface area contributed by atoms with Crippen molar-refractivity contribution in [2.45, 2.75) is 26.7 Å². The van der Waals surface area contributed by atoms with Crippen LogP contribution >= 0.6 is 0 Å². The molecule has 4 heterocycles. The van der Waals surface area contributed by atoms with Gasteiger partial charge in [-0.05, 0) is 31.7 Å². The van der Waals surface area contributed by atoms with Crippen LogP contribution in [0.1, 0.15) is 25.5 Å². The van der Waals surface area contributed by atoms with Crippen molar-refractivity contribution in [2.24, 2.45) is 5.92 Å². The van der Waals surface area contributed by atoms with Gasteiger partial charge in [-0.2, -0.15) is 9.50 Å². The van der Waals surface area contributed by atoms with E-state index in [0.29, 0.717) is 23.2 Å². The zero-order chi connectivity index (χ0) is 19.8. The molecule has 1 aromatic carbocycles. The van der Waals surface area contributed by atoms with Crippen molar-refractivity contribution in [1.82, 2.24) is 34.8 Å². The van der Waals surface area contributed by atoms with Gasteiger partial charge in [-0.1, -0.05) is 37.3 Å². The smallest absolute Gasteiger partial charge is 0.272 e. The van der Waals surface area contributed by atoms with E-state index in [4.69, 9.17) is 4.98 Å². The Hall–Kier alpha value is -3.42. The normalized spacial score (nSPS) is 17.0. The van der Waals surface area contributed by atoms with Gasteiger partial charge in [0.15, 0.2) is 5.82 Å². The summed E-state index contributed by atoms with van der Waals surface area (Å²) in [7, 11) is 0. The number of benzene rings is 1. The first kappa shape index (κ1) is 17.7. The predicted octanol–water partition coefficient (Wildman–Crippen LogP) is 3.19. The van der Waals surface area contributed by atoms with Crippen molar-refractivity contribution in [2.75, 3.05) is 18.0 Å². The number of fused-ring (bicyclic) bond motifs is 1. The van der Waals surface area contributed by atoms with Gasteiger partial charge < -0.3 is 4.90 Å². The van der Waals surface area contributed by atoms with E-state index in [0.717, 1.165) is 36.0 Å². The van der Waals surface area contributed by atoms with Crippen LogP contribution in [0.15, 0.2) is 42.6 Å². The van der Waals surface area contributed by atoms with E-state index in [1.807, 2.05) is 43.3 Å². The van der Waals surface area contributed by atoms with Gasteiger partial charge in [-0.15, -0.1) is 15.3 Å². The van der Waals surface area contributed by atoms with E-state index in [2.05, 4.69) is 37.1 Å². The van der Waals surface area contributed by atoms with Crippen molar-refractivity contribution in [3.8, 4) is 22.8 Å². The molecule has 0 saturated carbocycles. The van der Waals surface area contributed by atoms with Crippen LogP contribution in [-0.4, -0.2) is 47.9 Å². The highest BCUT2D eigenvalue weighted by atomic mass is 15.4. The van der Waals surface area contributed by atoms with Crippen LogP contribution in [0, 0.1) is 12.8 Å².